The molecule has 0 aliphatic carbocycles. The quantitative estimate of drug-likeness (QED) is 0.751. The van der Waals surface area contributed by atoms with E-state index in [2.05, 4.69) is 23.8 Å². The molecule has 1 aromatic heterocycles. The van der Waals surface area contributed by atoms with Crippen molar-refractivity contribution < 1.29 is 4.74 Å². The molecule has 0 unspecified atom stereocenters. The summed E-state index contributed by atoms with van der Waals surface area (Å²) in [4.78, 5) is 8.66. The van der Waals surface area contributed by atoms with E-state index in [0.29, 0.717) is 11.7 Å². The number of nitrogen functional groups attached to an aromatic ring is 1. The summed E-state index contributed by atoms with van der Waals surface area (Å²) < 4.78 is 4.98. The first-order chi connectivity index (χ1) is 7.13. The number of nitrogens with zero attached hydrogens (tertiary/aromatic N) is 2. The Hall–Kier alpha value is -1.16. The van der Waals surface area contributed by atoms with E-state index in [1.807, 2.05) is 6.07 Å². The van der Waals surface area contributed by atoms with E-state index < -0.39 is 0 Å². The van der Waals surface area contributed by atoms with E-state index in [0.717, 1.165) is 31.0 Å². The predicted octanol–water partition coefficient (Wildman–Crippen LogP) is 1.76. The van der Waals surface area contributed by atoms with Gasteiger partial charge >= 0.3 is 0 Å². The summed E-state index contributed by atoms with van der Waals surface area (Å²) in [5.74, 6) is 1.76. The number of nitrogens with two attached hydrogens (primary N) is 1. The Balaban J connectivity index is 2.71. The van der Waals surface area contributed by atoms with Crippen LogP contribution >= 0.6 is 0 Å². The molecule has 0 aromatic carbocycles. The van der Waals surface area contributed by atoms with E-state index in [-0.39, 0.29) is 0 Å². The van der Waals surface area contributed by atoms with Crippen molar-refractivity contribution in [2.24, 2.45) is 0 Å². The molecule has 0 bridgehead atoms. The zero-order valence-electron chi connectivity index (χ0n) is 9.66. The molecule has 0 atom stereocenters. The number of ether oxygens (including phenoxy) is 1. The molecule has 0 fully saturated rings. The molecule has 4 heteroatoms. The van der Waals surface area contributed by atoms with Crippen LogP contribution in [0.3, 0.4) is 0 Å². The van der Waals surface area contributed by atoms with Crippen molar-refractivity contribution in [3.63, 3.8) is 0 Å². The number of aromatic nitrogens is 2. The van der Waals surface area contributed by atoms with Crippen molar-refractivity contribution in [1.29, 1.82) is 0 Å². The Morgan fingerprint density at radius 3 is 2.73 bits per heavy atom. The topological polar surface area (TPSA) is 61.0 Å². The summed E-state index contributed by atoms with van der Waals surface area (Å²) in [7, 11) is 1.69. The van der Waals surface area contributed by atoms with Crippen molar-refractivity contribution in [2.45, 2.75) is 32.6 Å². The predicted molar refractivity (Wildman–Crippen MR) is 60.7 cm³/mol. The molecule has 1 heterocycles. The molecule has 0 spiro atoms. The molecular weight excluding hydrogens is 190 g/mol. The van der Waals surface area contributed by atoms with Gasteiger partial charge in [-0.25, -0.2) is 9.97 Å². The minimum absolute atomic E-state index is 0.386. The molecule has 0 radical (unpaired) electrons. The molecule has 0 saturated carbocycles. The Bertz CT molecular complexity index is 313. The van der Waals surface area contributed by atoms with Crippen molar-refractivity contribution in [2.75, 3.05) is 19.5 Å². The Kier molecular flexibility index (Phi) is 4.49. The summed E-state index contributed by atoms with van der Waals surface area (Å²) in [6.45, 7) is 4.93. The van der Waals surface area contributed by atoms with Crippen LogP contribution in [0, 0.1) is 0 Å². The van der Waals surface area contributed by atoms with Crippen molar-refractivity contribution in [3.8, 4) is 0 Å². The second kappa shape index (κ2) is 5.66. The van der Waals surface area contributed by atoms with Crippen LogP contribution < -0.4 is 5.73 Å². The highest BCUT2D eigenvalue weighted by atomic mass is 16.5. The highest BCUT2D eigenvalue weighted by molar-refractivity contribution is 5.31. The number of aryl methyl sites for hydroxylation is 1. The second-order valence-corrected chi connectivity index (χ2v) is 3.88. The van der Waals surface area contributed by atoms with Crippen LogP contribution in [0.4, 0.5) is 5.82 Å². The van der Waals surface area contributed by atoms with Crippen LogP contribution in [-0.2, 0) is 11.2 Å². The molecule has 2 N–H and O–H groups in total. The van der Waals surface area contributed by atoms with Gasteiger partial charge in [0.05, 0.1) is 0 Å². The van der Waals surface area contributed by atoms with Gasteiger partial charge in [0.25, 0.3) is 0 Å². The Labute approximate surface area is 90.9 Å². The van der Waals surface area contributed by atoms with Gasteiger partial charge in [-0.1, -0.05) is 13.8 Å². The molecular formula is C11H19N3O. The smallest absolute Gasteiger partial charge is 0.131 e. The third-order valence-electron chi connectivity index (χ3n) is 2.15. The van der Waals surface area contributed by atoms with Crippen molar-refractivity contribution >= 4 is 5.82 Å². The Morgan fingerprint density at radius 2 is 2.13 bits per heavy atom. The number of methoxy groups -OCH3 is 1. The SMILES string of the molecule is COCCCc1nc(N)cc(C(C)C)n1. The second-order valence-electron chi connectivity index (χ2n) is 3.88. The monoisotopic (exact) mass is 209 g/mol. The van der Waals surface area contributed by atoms with E-state index in [1.165, 1.54) is 0 Å². The number of hydrogen-bond acceptors (Lipinski definition) is 4. The van der Waals surface area contributed by atoms with E-state index in [9.17, 15) is 0 Å². The lowest BCUT2D eigenvalue weighted by Gasteiger charge is -2.07. The molecule has 0 saturated heterocycles. The molecule has 84 valence electrons. The standard InChI is InChI=1S/C11H19N3O/c1-8(2)9-7-10(12)14-11(13-9)5-4-6-15-3/h7-8H,4-6H2,1-3H3,(H2,12,13,14). The first-order valence-electron chi connectivity index (χ1n) is 5.25. The van der Waals surface area contributed by atoms with Gasteiger partial charge in [0.1, 0.15) is 11.6 Å². The maximum Gasteiger partial charge on any atom is 0.131 e. The maximum absolute atomic E-state index is 5.72. The molecule has 0 amide bonds. The number of rotatable bonds is 5. The lowest BCUT2D eigenvalue weighted by molar-refractivity contribution is 0.194. The molecule has 0 aliphatic rings. The zero-order valence-corrected chi connectivity index (χ0v) is 9.66. The van der Waals surface area contributed by atoms with Crippen LogP contribution in [0.15, 0.2) is 6.07 Å². The van der Waals surface area contributed by atoms with Gasteiger partial charge in [-0.15, -0.1) is 0 Å². The van der Waals surface area contributed by atoms with Crippen LogP contribution in [0.1, 0.15) is 37.7 Å². The summed E-state index contributed by atoms with van der Waals surface area (Å²) in [6.07, 6.45) is 1.75. The van der Waals surface area contributed by atoms with Crippen molar-refractivity contribution in [3.05, 3.63) is 17.6 Å². The van der Waals surface area contributed by atoms with Crippen LogP contribution in [0.5, 0.6) is 0 Å². The highest BCUT2D eigenvalue weighted by Gasteiger charge is 2.05. The number of hydrogen-bond donors (Lipinski definition) is 1. The van der Waals surface area contributed by atoms with Gasteiger partial charge in [-0.2, -0.15) is 0 Å². The molecule has 4 nitrogen and oxygen atoms in total. The summed E-state index contributed by atoms with van der Waals surface area (Å²) in [6, 6.07) is 1.84. The van der Waals surface area contributed by atoms with Crippen LogP contribution in [0.25, 0.3) is 0 Å². The Morgan fingerprint density at radius 1 is 1.40 bits per heavy atom. The molecule has 15 heavy (non-hydrogen) atoms. The van der Waals surface area contributed by atoms with Gasteiger partial charge in [0.2, 0.25) is 0 Å². The van der Waals surface area contributed by atoms with E-state index >= 15 is 0 Å². The third-order valence-corrected chi connectivity index (χ3v) is 2.15. The van der Waals surface area contributed by atoms with Crippen molar-refractivity contribution in [1.82, 2.24) is 9.97 Å². The minimum Gasteiger partial charge on any atom is -0.385 e. The first kappa shape index (κ1) is 11.9. The van der Waals surface area contributed by atoms with Crippen LogP contribution in [-0.4, -0.2) is 23.7 Å². The average molecular weight is 209 g/mol. The fourth-order valence-electron chi connectivity index (χ4n) is 1.32. The van der Waals surface area contributed by atoms with E-state index in [4.69, 9.17) is 10.5 Å². The normalized spacial score (nSPS) is 10.9. The first-order valence-corrected chi connectivity index (χ1v) is 5.25. The van der Waals surface area contributed by atoms with Gasteiger partial charge in [-0.05, 0) is 12.3 Å². The summed E-state index contributed by atoms with van der Waals surface area (Å²) in [5.41, 5.74) is 6.73. The molecule has 1 aromatic rings. The lowest BCUT2D eigenvalue weighted by Crippen LogP contribution is -2.05. The molecule has 0 aliphatic heterocycles. The fraction of sp³-hybridized carbons (Fsp3) is 0.636. The van der Waals surface area contributed by atoms with Gasteiger partial charge < -0.3 is 10.5 Å². The third kappa shape index (κ3) is 3.83. The zero-order chi connectivity index (χ0) is 11.3. The number of anilines is 1. The summed E-state index contributed by atoms with van der Waals surface area (Å²) in [5, 5.41) is 0. The minimum atomic E-state index is 0.386. The fourth-order valence-corrected chi connectivity index (χ4v) is 1.32. The van der Waals surface area contributed by atoms with Gasteiger partial charge in [-0.3, -0.25) is 0 Å². The van der Waals surface area contributed by atoms with Gasteiger partial charge in [0, 0.05) is 31.9 Å². The maximum atomic E-state index is 5.72. The average Bonchev–Trinajstić information content (AvgIpc) is 2.17. The highest BCUT2D eigenvalue weighted by Crippen LogP contribution is 2.14. The summed E-state index contributed by atoms with van der Waals surface area (Å²) >= 11 is 0. The van der Waals surface area contributed by atoms with E-state index in [1.54, 1.807) is 7.11 Å². The van der Waals surface area contributed by atoms with Gasteiger partial charge in [0.15, 0.2) is 0 Å². The largest absolute Gasteiger partial charge is 0.385 e. The molecule has 1 rings (SSSR count). The lowest BCUT2D eigenvalue weighted by atomic mass is 10.1. The van der Waals surface area contributed by atoms with Crippen LogP contribution in [0.2, 0.25) is 0 Å².